The fourth-order valence-corrected chi connectivity index (χ4v) is 3.25. The first-order valence-corrected chi connectivity index (χ1v) is 8.52. The molecule has 8 heteroatoms. The van der Waals surface area contributed by atoms with Gasteiger partial charge in [0.2, 0.25) is 0 Å². The topological polar surface area (TPSA) is 77.7 Å². The average Bonchev–Trinajstić information content (AvgIpc) is 3.32. The van der Waals surface area contributed by atoms with E-state index in [9.17, 15) is 9.18 Å². The van der Waals surface area contributed by atoms with Crippen LogP contribution in [0.4, 0.5) is 4.39 Å². The van der Waals surface area contributed by atoms with Crippen LogP contribution >= 0.6 is 11.3 Å². The van der Waals surface area contributed by atoms with Crippen molar-refractivity contribution in [2.45, 2.75) is 6.54 Å². The maximum atomic E-state index is 13.3. The minimum Gasteiger partial charge on any atom is -0.340 e. The number of H-pyrrole nitrogens is 2. The van der Waals surface area contributed by atoms with Gasteiger partial charge in [-0.25, -0.2) is 9.37 Å². The highest BCUT2D eigenvalue weighted by Crippen LogP contribution is 2.21. The van der Waals surface area contributed by atoms with E-state index < -0.39 is 0 Å². The van der Waals surface area contributed by atoms with Gasteiger partial charge in [-0.3, -0.25) is 9.89 Å². The molecule has 4 rings (SSSR count). The van der Waals surface area contributed by atoms with Crippen LogP contribution in [0.5, 0.6) is 0 Å². The van der Waals surface area contributed by atoms with E-state index in [0.29, 0.717) is 22.6 Å². The number of nitrogens with zero attached hydrogens (tertiary/aromatic N) is 3. The van der Waals surface area contributed by atoms with E-state index in [-0.39, 0.29) is 18.3 Å². The molecule has 0 spiro atoms. The summed E-state index contributed by atoms with van der Waals surface area (Å²) in [6, 6.07) is 8.03. The minimum absolute atomic E-state index is 0.194. The molecule has 2 N–H and O–H groups in total. The normalized spacial score (nSPS) is 11.1. The van der Waals surface area contributed by atoms with Crippen LogP contribution in [0.25, 0.3) is 22.3 Å². The van der Waals surface area contributed by atoms with Gasteiger partial charge < -0.3 is 9.88 Å². The highest BCUT2D eigenvalue weighted by atomic mass is 32.1. The number of hydrogen-bond donors (Lipinski definition) is 2. The monoisotopic (exact) mass is 355 g/mol. The number of rotatable bonds is 4. The van der Waals surface area contributed by atoms with Crippen molar-refractivity contribution in [1.29, 1.82) is 0 Å². The van der Waals surface area contributed by atoms with Gasteiger partial charge in [0, 0.05) is 18.0 Å². The summed E-state index contributed by atoms with van der Waals surface area (Å²) in [4.78, 5) is 21.5. The van der Waals surface area contributed by atoms with Gasteiger partial charge in [-0.15, -0.1) is 0 Å². The fourth-order valence-electron chi connectivity index (χ4n) is 2.60. The molecular formula is C17H14FN5OS. The summed E-state index contributed by atoms with van der Waals surface area (Å²) in [7, 11) is 1.68. The molecule has 25 heavy (non-hydrogen) atoms. The van der Waals surface area contributed by atoms with Crippen LogP contribution in [0.15, 0.2) is 41.1 Å². The summed E-state index contributed by atoms with van der Waals surface area (Å²) in [5, 5.41) is 10.9. The standard InChI is InChI=1S/C17H14FN5OS/c1-23(8-16-19-12-3-2-11(18)6-14(12)20-16)17(24)15-7-13(21-22-15)10-4-5-25-9-10/h2-7,9H,8H2,1H3,(H,19,20)(H,21,22). The molecule has 3 heterocycles. The van der Waals surface area contributed by atoms with Crippen LogP contribution in [-0.4, -0.2) is 38.0 Å². The average molecular weight is 355 g/mol. The molecule has 1 amide bonds. The number of aromatic amines is 2. The van der Waals surface area contributed by atoms with Crippen molar-refractivity contribution in [3.8, 4) is 11.3 Å². The van der Waals surface area contributed by atoms with Crippen molar-refractivity contribution in [1.82, 2.24) is 25.1 Å². The molecule has 0 saturated carbocycles. The number of carbonyl (C=O) groups excluding carboxylic acids is 1. The third-order valence-electron chi connectivity index (χ3n) is 3.85. The molecule has 0 radical (unpaired) electrons. The number of hydrogen-bond acceptors (Lipinski definition) is 4. The maximum absolute atomic E-state index is 13.3. The summed E-state index contributed by atoms with van der Waals surface area (Å²) in [5.74, 6) is 0.0696. The van der Waals surface area contributed by atoms with Gasteiger partial charge in [0.25, 0.3) is 5.91 Å². The third kappa shape index (κ3) is 3.03. The summed E-state index contributed by atoms with van der Waals surface area (Å²) in [6.45, 7) is 0.280. The van der Waals surface area contributed by atoms with Crippen LogP contribution in [-0.2, 0) is 6.54 Å². The lowest BCUT2D eigenvalue weighted by molar-refractivity contribution is 0.0776. The quantitative estimate of drug-likeness (QED) is 0.589. The SMILES string of the molecule is CN(Cc1nc2ccc(F)cc2[nH]1)C(=O)c1cc(-c2ccsc2)n[nH]1. The van der Waals surface area contributed by atoms with Crippen LogP contribution in [0, 0.1) is 5.82 Å². The van der Waals surface area contributed by atoms with Crippen LogP contribution in [0.3, 0.4) is 0 Å². The lowest BCUT2D eigenvalue weighted by Crippen LogP contribution is -2.27. The van der Waals surface area contributed by atoms with E-state index in [4.69, 9.17) is 0 Å². The molecule has 0 unspecified atom stereocenters. The Balaban J connectivity index is 1.51. The lowest BCUT2D eigenvalue weighted by atomic mass is 10.2. The zero-order chi connectivity index (χ0) is 17.4. The number of benzene rings is 1. The first-order chi connectivity index (χ1) is 12.1. The van der Waals surface area contributed by atoms with Gasteiger partial charge in [-0.1, -0.05) is 0 Å². The second-order valence-corrected chi connectivity index (χ2v) is 6.47. The van der Waals surface area contributed by atoms with E-state index in [1.54, 1.807) is 30.5 Å². The third-order valence-corrected chi connectivity index (χ3v) is 4.54. The molecule has 0 bridgehead atoms. The molecule has 0 saturated heterocycles. The molecule has 126 valence electrons. The molecule has 0 fully saturated rings. The molecule has 0 atom stereocenters. The Morgan fingerprint density at radius 3 is 3.00 bits per heavy atom. The Labute approximate surface area is 146 Å². The molecule has 3 aromatic heterocycles. The summed E-state index contributed by atoms with van der Waals surface area (Å²) in [5.41, 5.74) is 3.39. The molecule has 6 nitrogen and oxygen atoms in total. The molecule has 4 aromatic rings. The number of amides is 1. The molecule has 0 aliphatic heterocycles. The maximum Gasteiger partial charge on any atom is 0.272 e. The van der Waals surface area contributed by atoms with E-state index in [0.717, 1.165) is 11.3 Å². The van der Waals surface area contributed by atoms with Crippen molar-refractivity contribution < 1.29 is 9.18 Å². The Morgan fingerprint density at radius 2 is 2.20 bits per heavy atom. The number of aromatic nitrogens is 4. The smallest absolute Gasteiger partial charge is 0.272 e. The predicted molar refractivity (Wildman–Crippen MR) is 93.7 cm³/mol. The lowest BCUT2D eigenvalue weighted by Gasteiger charge is -2.14. The van der Waals surface area contributed by atoms with Crippen LogP contribution in [0.1, 0.15) is 16.3 Å². The molecule has 0 aliphatic rings. The molecule has 0 aliphatic carbocycles. The first kappa shape index (κ1) is 15.5. The Bertz CT molecular complexity index is 1040. The second-order valence-electron chi connectivity index (χ2n) is 5.69. The first-order valence-electron chi connectivity index (χ1n) is 7.58. The zero-order valence-electron chi connectivity index (χ0n) is 13.3. The number of carbonyl (C=O) groups is 1. The van der Waals surface area contributed by atoms with Crippen LogP contribution in [0.2, 0.25) is 0 Å². The summed E-state index contributed by atoms with van der Waals surface area (Å²) < 4.78 is 13.3. The Morgan fingerprint density at radius 1 is 1.32 bits per heavy atom. The summed E-state index contributed by atoms with van der Waals surface area (Å²) in [6.07, 6.45) is 0. The molecule has 1 aromatic carbocycles. The van der Waals surface area contributed by atoms with E-state index >= 15 is 0 Å². The number of fused-ring (bicyclic) bond motifs is 1. The van der Waals surface area contributed by atoms with E-state index in [2.05, 4.69) is 20.2 Å². The number of imidazole rings is 1. The predicted octanol–water partition coefficient (Wildman–Crippen LogP) is 3.43. The Kier molecular flexibility index (Phi) is 3.81. The van der Waals surface area contributed by atoms with E-state index in [1.807, 2.05) is 16.8 Å². The Hall–Kier alpha value is -3.00. The van der Waals surface area contributed by atoms with Crippen molar-refractivity contribution in [2.24, 2.45) is 0 Å². The van der Waals surface area contributed by atoms with Gasteiger partial charge in [0.1, 0.15) is 17.3 Å². The highest BCUT2D eigenvalue weighted by Gasteiger charge is 2.17. The summed E-state index contributed by atoms with van der Waals surface area (Å²) >= 11 is 1.57. The highest BCUT2D eigenvalue weighted by molar-refractivity contribution is 7.08. The molecular weight excluding hydrogens is 341 g/mol. The van der Waals surface area contributed by atoms with Gasteiger partial charge in [-0.2, -0.15) is 16.4 Å². The van der Waals surface area contributed by atoms with Crippen molar-refractivity contribution >= 4 is 28.3 Å². The largest absolute Gasteiger partial charge is 0.340 e. The number of thiophene rings is 1. The van der Waals surface area contributed by atoms with Gasteiger partial charge in [0.15, 0.2) is 0 Å². The number of halogens is 1. The van der Waals surface area contributed by atoms with Gasteiger partial charge >= 0.3 is 0 Å². The van der Waals surface area contributed by atoms with Gasteiger partial charge in [-0.05, 0) is 35.7 Å². The van der Waals surface area contributed by atoms with Crippen molar-refractivity contribution in [3.63, 3.8) is 0 Å². The van der Waals surface area contributed by atoms with Crippen molar-refractivity contribution in [2.75, 3.05) is 7.05 Å². The van der Waals surface area contributed by atoms with Crippen LogP contribution < -0.4 is 0 Å². The van der Waals surface area contributed by atoms with Crippen molar-refractivity contribution in [3.05, 3.63) is 58.4 Å². The van der Waals surface area contributed by atoms with E-state index in [1.165, 1.54) is 17.0 Å². The number of nitrogens with one attached hydrogen (secondary N) is 2. The fraction of sp³-hybridized carbons (Fsp3) is 0.118. The van der Waals surface area contributed by atoms with Gasteiger partial charge in [0.05, 0.1) is 23.3 Å². The second kappa shape index (κ2) is 6.14. The zero-order valence-corrected chi connectivity index (χ0v) is 14.1. The minimum atomic E-state index is -0.328.